The Morgan fingerprint density at radius 1 is 1.50 bits per heavy atom. The summed E-state index contributed by atoms with van der Waals surface area (Å²) in [6.07, 6.45) is 1.77. The van der Waals surface area contributed by atoms with Crippen molar-refractivity contribution in [2.45, 2.75) is 43.5 Å². The Morgan fingerprint density at radius 2 is 2.27 bits per heavy atom. The maximum atomic E-state index is 10.4. The molecule has 0 spiro atoms. The third-order valence-corrected chi connectivity index (χ3v) is 4.40. The Morgan fingerprint density at radius 3 is 2.95 bits per heavy atom. The first-order valence-electron chi connectivity index (χ1n) is 7.05. The molecular weight excluding hydrogens is 306 g/mol. The number of nitrogen functional groups attached to an aromatic ring is 2. The molecule has 0 bridgehead atoms. The number of rotatable bonds is 4. The van der Waals surface area contributed by atoms with Gasteiger partial charge in [0.1, 0.15) is 11.6 Å². The van der Waals surface area contributed by atoms with Gasteiger partial charge in [-0.05, 0) is 6.42 Å². The molecule has 10 heteroatoms. The summed E-state index contributed by atoms with van der Waals surface area (Å²) >= 11 is 4.46. The van der Waals surface area contributed by atoms with Gasteiger partial charge in [-0.25, -0.2) is 10.8 Å². The average molecular weight is 325 g/mol. The summed E-state index contributed by atoms with van der Waals surface area (Å²) in [5, 5.41) is 10.1. The van der Waals surface area contributed by atoms with Crippen LogP contribution in [0.1, 0.15) is 26.0 Å². The quantitative estimate of drug-likeness (QED) is 0.302. The lowest BCUT2D eigenvalue weighted by Gasteiger charge is -2.17. The molecular formula is C12H19N7O2S. The number of anilines is 2. The number of nitrogens with two attached hydrogens (primary N) is 2. The molecule has 1 aliphatic rings. The number of aliphatic hydroxyl groups excluding tert-OH is 1. The number of fused-ring (bicyclic) bond motifs is 1. The lowest BCUT2D eigenvalue weighted by atomic mass is 10.1. The van der Waals surface area contributed by atoms with Gasteiger partial charge >= 0.3 is 0 Å². The van der Waals surface area contributed by atoms with Crippen molar-refractivity contribution >= 4 is 35.6 Å². The summed E-state index contributed by atoms with van der Waals surface area (Å²) in [4.78, 5) is 12.4. The molecule has 1 aliphatic heterocycles. The number of hydrazine groups is 1. The Bertz CT molecular complexity index is 679. The maximum absolute atomic E-state index is 10.4. The molecule has 4 atom stereocenters. The van der Waals surface area contributed by atoms with Crippen LogP contribution in [0.3, 0.4) is 0 Å². The van der Waals surface area contributed by atoms with Gasteiger partial charge in [0.05, 0.1) is 17.7 Å². The molecule has 6 N–H and O–H groups in total. The number of nitrogens with zero attached hydrogens (tertiary/aromatic N) is 4. The number of aromatic nitrogens is 4. The van der Waals surface area contributed by atoms with Gasteiger partial charge in [0, 0.05) is 0 Å². The van der Waals surface area contributed by atoms with Gasteiger partial charge in [0.25, 0.3) is 0 Å². The van der Waals surface area contributed by atoms with Crippen molar-refractivity contribution in [1.29, 1.82) is 0 Å². The molecule has 0 saturated carbocycles. The van der Waals surface area contributed by atoms with E-state index in [4.69, 9.17) is 16.3 Å². The van der Waals surface area contributed by atoms with Gasteiger partial charge in [0.15, 0.2) is 17.7 Å². The Balaban J connectivity index is 2.01. The van der Waals surface area contributed by atoms with E-state index in [0.29, 0.717) is 11.2 Å². The minimum atomic E-state index is -0.775. The number of hydrogen-bond acceptors (Lipinski definition) is 9. The van der Waals surface area contributed by atoms with Gasteiger partial charge in [-0.15, -0.1) is 0 Å². The SMILES string of the molecule is CCC[C@H]1O[C@@H](n2cnc3c(N)nc(NN)nc32)[C@H](O)[C@@H]1S. The van der Waals surface area contributed by atoms with Crippen LogP contribution in [0.25, 0.3) is 11.2 Å². The van der Waals surface area contributed by atoms with Gasteiger partial charge in [-0.3, -0.25) is 9.99 Å². The first kappa shape index (κ1) is 15.3. The highest BCUT2D eigenvalue weighted by molar-refractivity contribution is 7.81. The monoisotopic (exact) mass is 325 g/mol. The number of imidazole rings is 1. The lowest BCUT2D eigenvalue weighted by Crippen LogP contribution is -2.27. The van der Waals surface area contributed by atoms with Gasteiger partial charge in [-0.2, -0.15) is 22.6 Å². The molecule has 0 amide bonds. The van der Waals surface area contributed by atoms with Gasteiger partial charge in [-0.1, -0.05) is 13.3 Å². The fraction of sp³-hybridized carbons (Fsp3) is 0.583. The number of hydrogen-bond donors (Lipinski definition) is 5. The second-order valence-electron chi connectivity index (χ2n) is 5.24. The van der Waals surface area contributed by atoms with E-state index in [1.54, 1.807) is 4.57 Å². The zero-order valence-corrected chi connectivity index (χ0v) is 12.9. The van der Waals surface area contributed by atoms with Crippen molar-refractivity contribution in [3.63, 3.8) is 0 Å². The molecule has 0 radical (unpaired) electrons. The Kier molecular flexibility index (Phi) is 4.08. The maximum Gasteiger partial charge on any atom is 0.241 e. The highest BCUT2D eigenvalue weighted by Crippen LogP contribution is 2.36. The molecule has 0 unspecified atom stereocenters. The van der Waals surface area contributed by atoms with Crippen molar-refractivity contribution in [3.05, 3.63) is 6.33 Å². The molecule has 0 aromatic carbocycles. The summed E-state index contributed by atoms with van der Waals surface area (Å²) in [5.41, 5.74) is 9.08. The summed E-state index contributed by atoms with van der Waals surface area (Å²) in [6.45, 7) is 2.06. The minimum absolute atomic E-state index is 0.128. The molecule has 1 fully saturated rings. The molecule has 22 heavy (non-hydrogen) atoms. The van der Waals surface area contributed by atoms with Crippen molar-refractivity contribution in [1.82, 2.24) is 19.5 Å². The van der Waals surface area contributed by atoms with Crippen LogP contribution in [0.15, 0.2) is 6.33 Å². The fourth-order valence-electron chi connectivity index (χ4n) is 2.67. The smallest absolute Gasteiger partial charge is 0.241 e. The molecule has 3 heterocycles. The highest BCUT2D eigenvalue weighted by atomic mass is 32.1. The van der Waals surface area contributed by atoms with Crippen LogP contribution in [-0.2, 0) is 4.74 Å². The van der Waals surface area contributed by atoms with E-state index < -0.39 is 12.3 Å². The first-order chi connectivity index (χ1) is 10.6. The second kappa shape index (κ2) is 5.88. The zero-order chi connectivity index (χ0) is 15.9. The zero-order valence-electron chi connectivity index (χ0n) is 12.0. The number of aliphatic hydroxyl groups is 1. The summed E-state index contributed by atoms with van der Waals surface area (Å²) in [7, 11) is 0. The van der Waals surface area contributed by atoms with Crippen LogP contribution in [-0.4, -0.2) is 42.1 Å². The largest absolute Gasteiger partial charge is 0.387 e. The number of thiol groups is 1. The Labute approximate surface area is 132 Å². The van der Waals surface area contributed by atoms with Crippen molar-refractivity contribution < 1.29 is 9.84 Å². The van der Waals surface area contributed by atoms with E-state index in [0.717, 1.165) is 12.8 Å². The van der Waals surface area contributed by atoms with E-state index in [1.807, 2.05) is 0 Å². The summed E-state index contributed by atoms with van der Waals surface area (Å²) in [6, 6.07) is 0. The average Bonchev–Trinajstić information content (AvgIpc) is 3.04. The standard InChI is InChI=1S/C12H19N7O2S/c1-2-3-5-8(22)7(20)11(21-5)19-4-15-6-9(13)16-12(18-14)17-10(6)19/h4-5,7-8,11,20,22H,2-3,14H2,1H3,(H3,13,16,17,18)/t5-,7-,8-,11-/m1/s1. The topological polar surface area (TPSA) is 137 Å². The molecule has 1 saturated heterocycles. The predicted molar refractivity (Wildman–Crippen MR) is 85.1 cm³/mol. The van der Waals surface area contributed by atoms with E-state index in [9.17, 15) is 5.11 Å². The van der Waals surface area contributed by atoms with E-state index in [2.05, 4.69) is 39.9 Å². The molecule has 2 aromatic rings. The molecule has 120 valence electrons. The number of ether oxygens (including phenoxy) is 1. The second-order valence-corrected chi connectivity index (χ2v) is 5.83. The van der Waals surface area contributed by atoms with Gasteiger partial charge < -0.3 is 15.6 Å². The molecule has 9 nitrogen and oxygen atoms in total. The van der Waals surface area contributed by atoms with E-state index in [1.165, 1.54) is 6.33 Å². The molecule has 0 aliphatic carbocycles. The lowest BCUT2D eigenvalue weighted by molar-refractivity contribution is -0.0368. The summed E-state index contributed by atoms with van der Waals surface area (Å²) < 4.78 is 7.57. The van der Waals surface area contributed by atoms with Crippen molar-refractivity contribution in [2.24, 2.45) is 5.84 Å². The van der Waals surface area contributed by atoms with Crippen molar-refractivity contribution in [3.8, 4) is 0 Å². The van der Waals surface area contributed by atoms with Crippen LogP contribution in [0.4, 0.5) is 11.8 Å². The number of nitrogens with one attached hydrogen (secondary N) is 1. The van der Waals surface area contributed by atoms with Crippen LogP contribution in [0.5, 0.6) is 0 Å². The van der Waals surface area contributed by atoms with Crippen molar-refractivity contribution in [2.75, 3.05) is 11.2 Å². The van der Waals surface area contributed by atoms with Crippen LogP contribution in [0.2, 0.25) is 0 Å². The fourth-order valence-corrected chi connectivity index (χ4v) is 3.04. The van der Waals surface area contributed by atoms with Crippen LogP contribution >= 0.6 is 12.6 Å². The van der Waals surface area contributed by atoms with E-state index in [-0.39, 0.29) is 23.1 Å². The van der Waals surface area contributed by atoms with Gasteiger partial charge in [0.2, 0.25) is 5.95 Å². The van der Waals surface area contributed by atoms with E-state index >= 15 is 0 Å². The van der Waals surface area contributed by atoms with Crippen LogP contribution in [0, 0.1) is 0 Å². The third kappa shape index (κ3) is 2.37. The molecule has 2 aromatic heterocycles. The summed E-state index contributed by atoms with van der Waals surface area (Å²) in [5.74, 6) is 5.72. The minimum Gasteiger partial charge on any atom is -0.387 e. The highest BCUT2D eigenvalue weighted by Gasteiger charge is 2.42. The first-order valence-corrected chi connectivity index (χ1v) is 7.56. The predicted octanol–water partition coefficient (Wildman–Crippen LogP) is 0.0509. The van der Waals surface area contributed by atoms with Crippen LogP contribution < -0.4 is 17.0 Å². The molecule has 3 rings (SSSR count). The Hall–Kier alpha value is -1.62. The normalized spacial score (nSPS) is 28.4. The third-order valence-electron chi connectivity index (χ3n) is 3.76.